The third kappa shape index (κ3) is 3.63. The van der Waals surface area contributed by atoms with Crippen LogP contribution in [0, 0.1) is 0 Å². The Labute approximate surface area is 107 Å². The number of hydrogen-bond donors (Lipinski definition) is 0. The second kappa shape index (κ2) is 5.94. The molecule has 0 N–H and O–H groups in total. The normalized spacial score (nSPS) is 12.7. The van der Waals surface area contributed by atoms with E-state index in [-0.39, 0.29) is 0 Å². The minimum Gasteiger partial charge on any atom is -0.384 e. The molecule has 0 heterocycles. The first-order valence-corrected chi connectivity index (χ1v) is 7.29. The van der Waals surface area contributed by atoms with Gasteiger partial charge < -0.3 is 4.74 Å². The minimum atomic E-state index is -5.27. The van der Waals surface area contributed by atoms with Gasteiger partial charge in [-0.3, -0.25) is 0 Å². The second-order valence-electron chi connectivity index (χ2n) is 3.26. The standard InChI is InChI=1S/C10H11F3O3S2/c1-16-6-7-17-8-2-4-9(5-3-8)18(14,15)10(11,12)13/h2-5H,6-7H2,1H3. The van der Waals surface area contributed by atoms with Crippen LogP contribution < -0.4 is 0 Å². The van der Waals surface area contributed by atoms with Crippen molar-refractivity contribution >= 4 is 21.6 Å². The average Bonchev–Trinajstić information content (AvgIpc) is 2.28. The van der Waals surface area contributed by atoms with Gasteiger partial charge in [-0.05, 0) is 24.3 Å². The number of methoxy groups -OCH3 is 1. The first-order valence-electron chi connectivity index (χ1n) is 4.82. The van der Waals surface area contributed by atoms with E-state index in [4.69, 9.17) is 4.74 Å². The summed E-state index contributed by atoms with van der Waals surface area (Å²) in [7, 11) is -3.71. The zero-order valence-corrected chi connectivity index (χ0v) is 11.0. The summed E-state index contributed by atoms with van der Waals surface area (Å²) in [5.41, 5.74) is -5.27. The van der Waals surface area contributed by atoms with E-state index >= 15 is 0 Å². The number of ether oxygens (including phenoxy) is 1. The van der Waals surface area contributed by atoms with Gasteiger partial charge in [0.25, 0.3) is 9.84 Å². The lowest BCUT2D eigenvalue weighted by atomic mass is 10.4. The first kappa shape index (κ1) is 15.3. The molecule has 8 heteroatoms. The van der Waals surface area contributed by atoms with Crippen LogP contribution in [0.5, 0.6) is 0 Å². The highest BCUT2D eigenvalue weighted by Crippen LogP contribution is 2.31. The van der Waals surface area contributed by atoms with Gasteiger partial charge in [-0.15, -0.1) is 11.8 Å². The fraction of sp³-hybridized carbons (Fsp3) is 0.400. The molecule has 0 bridgehead atoms. The average molecular weight is 300 g/mol. The van der Waals surface area contributed by atoms with Gasteiger partial charge in [0.1, 0.15) is 0 Å². The Balaban J connectivity index is 2.84. The van der Waals surface area contributed by atoms with Gasteiger partial charge >= 0.3 is 5.51 Å². The van der Waals surface area contributed by atoms with Crippen molar-refractivity contribution in [3.63, 3.8) is 0 Å². The van der Waals surface area contributed by atoms with Gasteiger partial charge in [-0.1, -0.05) is 0 Å². The molecule has 0 aromatic heterocycles. The zero-order chi connectivity index (χ0) is 13.8. The number of rotatable bonds is 5. The van der Waals surface area contributed by atoms with Crippen LogP contribution in [0.4, 0.5) is 13.2 Å². The molecule has 1 aromatic carbocycles. The third-order valence-corrected chi connectivity index (χ3v) is 4.47. The molecule has 0 fully saturated rings. The number of benzene rings is 1. The molecule has 0 aliphatic carbocycles. The second-order valence-corrected chi connectivity index (χ2v) is 6.37. The van der Waals surface area contributed by atoms with Crippen molar-refractivity contribution in [3.05, 3.63) is 24.3 Å². The molecular weight excluding hydrogens is 289 g/mol. The molecule has 3 nitrogen and oxygen atoms in total. The van der Waals surface area contributed by atoms with E-state index in [2.05, 4.69) is 0 Å². The van der Waals surface area contributed by atoms with Gasteiger partial charge in [-0.25, -0.2) is 8.42 Å². The van der Waals surface area contributed by atoms with Crippen molar-refractivity contribution in [1.82, 2.24) is 0 Å². The highest BCUT2D eigenvalue weighted by molar-refractivity contribution is 7.99. The maximum absolute atomic E-state index is 12.3. The fourth-order valence-electron chi connectivity index (χ4n) is 1.09. The largest absolute Gasteiger partial charge is 0.501 e. The van der Waals surface area contributed by atoms with Gasteiger partial charge in [0.15, 0.2) is 0 Å². The number of hydrogen-bond acceptors (Lipinski definition) is 4. The van der Waals surface area contributed by atoms with E-state index in [0.717, 1.165) is 12.1 Å². The Kier molecular flexibility index (Phi) is 5.06. The molecule has 0 unspecified atom stereocenters. The van der Waals surface area contributed by atoms with Crippen LogP contribution in [0.15, 0.2) is 34.1 Å². The van der Waals surface area contributed by atoms with E-state index in [1.54, 1.807) is 7.11 Å². The molecule has 0 radical (unpaired) electrons. The first-order chi connectivity index (χ1) is 8.29. The number of halogens is 3. The molecule has 0 amide bonds. The Morgan fingerprint density at radius 2 is 1.78 bits per heavy atom. The molecule has 0 saturated heterocycles. The Morgan fingerprint density at radius 3 is 2.22 bits per heavy atom. The summed E-state index contributed by atoms with van der Waals surface area (Å²) in [5, 5.41) is 0. The van der Waals surface area contributed by atoms with Crippen molar-refractivity contribution in [1.29, 1.82) is 0 Å². The summed E-state index contributed by atoms with van der Waals surface area (Å²) in [4.78, 5) is -0.0562. The summed E-state index contributed by atoms with van der Waals surface area (Å²) in [6.45, 7) is 0.507. The summed E-state index contributed by atoms with van der Waals surface area (Å²) >= 11 is 1.37. The molecule has 1 rings (SSSR count). The van der Waals surface area contributed by atoms with Crippen LogP contribution >= 0.6 is 11.8 Å². The molecule has 0 atom stereocenters. The van der Waals surface area contributed by atoms with E-state index in [9.17, 15) is 21.6 Å². The minimum absolute atomic E-state index is 0.507. The Morgan fingerprint density at radius 1 is 1.22 bits per heavy atom. The van der Waals surface area contributed by atoms with Crippen LogP contribution in [-0.2, 0) is 14.6 Å². The molecule has 0 spiro atoms. The van der Waals surface area contributed by atoms with E-state index in [1.165, 1.54) is 23.9 Å². The summed E-state index contributed by atoms with van der Waals surface area (Å²) in [6, 6.07) is 4.60. The third-order valence-electron chi connectivity index (χ3n) is 1.99. The number of sulfone groups is 1. The van der Waals surface area contributed by atoms with Crippen molar-refractivity contribution < 1.29 is 26.3 Å². The van der Waals surface area contributed by atoms with E-state index in [1.807, 2.05) is 0 Å². The SMILES string of the molecule is COCCSc1ccc(S(=O)(=O)C(F)(F)F)cc1. The van der Waals surface area contributed by atoms with Gasteiger partial charge in [0, 0.05) is 17.8 Å². The highest BCUT2D eigenvalue weighted by Gasteiger charge is 2.46. The fourth-order valence-corrected chi connectivity index (χ4v) is 2.67. The van der Waals surface area contributed by atoms with Crippen molar-refractivity contribution in [3.8, 4) is 0 Å². The summed E-state index contributed by atoms with van der Waals surface area (Å²) < 4.78 is 63.7. The molecule has 0 aliphatic rings. The van der Waals surface area contributed by atoms with E-state index in [0.29, 0.717) is 17.3 Å². The van der Waals surface area contributed by atoms with Gasteiger partial charge in [-0.2, -0.15) is 13.2 Å². The lowest BCUT2D eigenvalue weighted by Crippen LogP contribution is -2.23. The topological polar surface area (TPSA) is 43.4 Å². The predicted molar refractivity (Wildman–Crippen MR) is 62.3 cm³/mol. The van der Waals surface area contributed by atoms with Crippen molar-refractivity contribution in [2.75, 3.05) is 19.5 Å². The molecule has 0 saturated carbocycles. The highest BCUT2D eigenvalue weighted by atomic mass is 32.2. The summed E-state index contributed by atoms with van der Waals surface area (Å²) in [5.74, 6) is 0.641. The maximum Gasteiger partial charge on any atom is 0.501 e. The molecular formula is C10H11F3O3S2. The molecule has 102 valence electrons. The monoisotopic (exact) mass is 300 g/mol. The van der Waals surface area contributed by atoms with Gasteiger partial charge in [0.2, 0.25) is 0 Å². The molecule has 0 aliphatic heterocycles. The zero-order valence-electron chi connectivity index (χ0n) is 9.40. The van der Waals surface area contributed by atoms with E-state index < -0.39 is 20.2 Å². The van der Waals surface area contributed by atoms with Crippen molar-refractivity contribution in [2.24, 2.45) is 0 Å². The van der Waals surface area contributed by atoms with Crippen LogP contribution in [0.1, 0.15) is 0 Å². The Bertz CT molecular complexity index is 480. The molecule has 18 heavy (non-hydrogen) atoms. The van der Waals surface area contributed by atoms with Crippen molar-refractivity contribution in [2.45, 2.75) is 15.3 Å². The summed E-state index contributed by atoms with van der Waals surface area (Å²) in [6.07, 6.45) is 0. The van der Waals surface area contributed by atoms with Gasteiger partial charge in [0.05, 0.1) is 11.5 Å². The lowest BCUT2D eigenvalue weighted by molar-refractivity contribution is -0.0436. The number of alkyl halides is 3. The van der Waals surface area contributed by atoms with Crippen LogP contribution in [0.3, 0.4) is 0 Å². The lowest BCUT2D eigenvalue weighted by Gasteiger charge is -2.08. The van der Waals surface area contributed by atoms with Crippen LogP contribution in [-0.4, -0.2) is 33.4 Å². The molecule has 1 aromatic rings. The number of thioether (sulfide) groups is 1. The van der Waals surface area contributed by atoms with Crippen LogP contribution in [0.25, 0.3) is 0 Å². The smallest absolute Gasteiger partial charge is 0.384 e. The quantitative estimate of drug-likeness (QED) is 0.619. The maximum atomic E-state index is 12.3. The Hall–Kier alpha value is -0.730. The van der Waals surface area contributed by atoms with Crippen LogP contribution in [0.2, 0.25) is 0 Å². The predicted octanol–water partition coefficient (Wildman–Crippen LogP) is 2.72.